The second-order valence-corrected chi connectivity index (χ2v) is 6.56. The molecule has 0 bridgehead atoms. The molecule has 3 heterocycles. The lowest BCUT2D eigenvalue weighted by atomic mass is 10.2. The van der Waals surface area contributed by atoms with Crippen LogP contribution in [0.2, 0.25) is 5.02 Å². The van der Waals surface area contributed by atoms with Crippen molar-refractivity contribution in [3.63, 3.8) is 0 Å². The average Bonchev–Trinajstić information content (AvgIpc) is 3.08. The predicted molar refractivity (Wildman–Crippen MR) is 97.0 cm³/mol. The van der Waals surface area contributed by atoms with E-state index in [1.165, 1.54) is 11.6 Å². The monoisotopic (exact) mass is 357 g/mol. The van der Waals surface area contributed by atoms with E-state index in [-0.39, 0.29) is 5.56 Å². The maximum atomic E-state index is 12.6. The summed E-state index contributed by atoms with van der Waals surface area (Å²) in [4.78, 5) is 29.4. The summed E-state index contributed by atoms with van der Waals surface area (Å²) < 4.78 is 6.14. The van der Waals surface area contributed by atoms with E-state index in [1.807, 2.05) is 42.8 Å². The fourth-order valence-electron chi connectivity index (χ4n) is 3.22. The van der Waals surface area contributed by atoms with E-state index in [2.05, 4.69) is 4.98 Å². The highest BCUT2D eigenvalue weighted by Crippen LogP contribution is 2.26. The fourth-order valence-corrected chi connectivity index (χ4v) is 3.39. The zero-order valence-electron chi connectivity index (χ0n) is 14.2. The van der Waals surface area contributed by atoms with Gasteiger partial charge in [0.1, 0.15) is 0 Å². The van der Waals surface area contributed by atoms with Crippen molar-refractivity contribution in [2.24, 2.45) is 14.1 Å². The summed E-state index contributed by atoms with van der Waals surface area (Å²) in [5, 5.41) is 0.656. The molecule has 3 aromatic heterocycles. The van der Waals surface area contributed by atoms with Crippen LogP contribution in [0.1, 0.15) is 11.3 Å². The first-order valence-corrected chi connectivity index (χ1v) is 8.12. The summed E-state index contributed by atoms with van der Waals surface area (Å²) in [5.74, 6) is 0.566. The lowest BCUT2D eigenvalue weighted by Crippen LogP contribution is -2.37. The van der Waals surface area contributed by atoms with Crippen LogP contribution in [0.3, 0.4) is 0 Å². The Balaban J connectivity index is 2.23. The average molecular weight is 358 g/mol. The van der Waals surface area contributed by atoms with Gasteiger partial charge < -0.3 is 0 Å². The van der Waals surface area contributed by atoms with Crippen LogP contribution in [0, 0.1) is 13.8 Å². The van der Waals surface area contributed by atoms with E-state index in [1.54, 1.807) is 11.4 Å². The highest BCUT2D eigenvalue weighted by Gasteiger charge is 2.20. The lowest BCUT2D eigenvalue weighted by Gasteiger charge is -2.10. The van der Waals surface area contributed by atoms with Crippen molar-refractivity contribution in [2.75, 3.05) is 0 Å². The van der Waals surface area contributed by atoms with Crippen LogP contribution >= 0.6 is 11.6 Å². The molecule has 0 N–H and O–H groups in total. The number of hydrogen-bond donors (Lipinski definition) is 0. The summed E-state index contributed by atoms with van der Waals surface area (Å²) >= 11 is 6.27. The molecule has 0 spiro atoms. The van der Waals surface area contributed by atoms with Gasteiger partial charge in [0.05, 0.1) is 5.69 Å². The van der Waals surface area contributed by atoms with Crippen LogP contribution in [0.15, 0.2) is 34.0 Å². The quantitative estimate of drug-likeness (QED) is 0.523. The Morgan fingerprint density at radius 3 is 2.52 bits per heavy atom. The largest absolute Gasteiger partial charge is 0.332 e. The number of aromatic nitrogens is 5. The van der Waals surface area contributed by atoms with Crippen molar-refractivity contribution >= 4 is 28.5 Å². The summed E-state index contributed by atoms with van der Waals surface area (Å²) in [6.07, 6.45) is 1.84. The molecule has 0 unspecified atom stereocenters. The molecule has 4 rings (SSSR count). The normalized spacial score (nSPS) is 11.7. The molecule has 25 heavy (non-hydrogen) atoms. The maximum absolute atomic E-state index is 12.6. The molecule has 8 heteroatoms. The molecule has 0 aliphatic rings. The van der Waals surface area contributed by atoms with Gasteiger partial charge in [0, 0.05) is 31.0 Å². The van der Waals surface area contributed by atoms with Crippen LogP contribution in [-0.4, -0.2) is 23.1 Å². The molecule has 0 radical (unpaired) electrons. The topological polar surface area (TPSA) is 66.2 Å². The summed E-state index contributed by atoms with van der Waals surface area (Å²) in [7, 11) is 3.08. The molecular formula is C17H16ClN5O2. The highest BCUT2D eigenvalue weighted by molar-refractivity contribution is 6.31. The minimum absolute atomic E-state index is 0.358. The Morgan fingerprint density at radius 2 is 1.80 bits per heavy atom. The molecule has 1 aromatic carbocycles. The number of benzene rings is 1. The molecule has 0 saturated carbocycles. The number of halogens is 1. The van der Waals surface area contributed by atoms with Crippen molar-refractivity contribution in [2.45, 2.75) is 13.8 Å². The molecule has 4 aromatic rings. The van der Waals surface area contributed by atoms with Crippen LogP contribution in [-0.2, 0) is 14.1 Å². The Labute approximate surface area is 147 Å². The molecule has 0 saturated heterocycles. The third-order valence-corrected chi connectivity index (χ3v) is 5.03. The number of rotatable bonds is 1. The van der Waals surface area contributed by atoms with Crippen LogP contribution in [0.5, 0.6) is 0 Å². The van der Waals surface area contributed by atoms with Crippen molar-refractivity contribution in [3.8, 4) is 5.69 Å². The van der Waals surface area contributed by atoms with Gasteiger partial charge >= 0.3 is 5.69 Å². The van der Waals surface area contributed by atoms with Gasteiger partial charge in [-0.3, -0.25) is 22.9 Å². The van der Waals surface area contributed by atoms with E-state index in [0.717, 1.165) is 21.5 Å². The zero-order chi connectivity index (χ0) is 18.0. The number of nitrogens with zero attached hydrogens (tertiary/aromatic N) is 5. The Kier molecular flexibility index (Phi) is 3.20. The Hall–Kier alpha value is -2.80. The first-order valence-electron chi connectivity index (χ1n) is 7.74. The molecule has 7 nitrogen and oxygen atoms in total. The van der Waals surface area contributed by atoms with Crippen molar-refractivity contribution in [1.82, 2.24) is 23.1 Å². The molecule has 0 aliphatic heterocycles. The zero-order valence-corrected chi connectivity index (χ0v) is 15.0. The molecule has 0 atom stereocenters. The van der Waals surface area contributed by atoms with Crippen molar-refractivity contribution in [3.05, 3.63) is 61.5 Å². The van der Waals surface area contributed by atoms with E-state index >= 15 is 0 Å². The third kappa shape index (κ3) is 1.96. The Morgan fingerprint density at radius 1 is 1.08 bits per heavy atom. The fraction of sp³-hybridized carbons (Fsp3) is 0.235. The minimum Gasteiger partial charge on any atom is -0.283 e. The van der Waals surface area contributed by atoms with Gasteiger partial charge in [-0.1, -0.05) is 17.7 Å². The van der Waals surface area contributed by atoms with Gasteiger partial charge in [-0.15, -0.1) is 0 Å². The van der Waals surface area contributed by atoms with E-state index in [0.29, 0.717) is 22.0 Å². The number of aryl methyl sites for hydroxylation is 2. The SMILES string of the molecule is Cc1c(Cl)cccc1-n1c(C)cn2c3c(=O)n(C)c(=O)n(C)c3nc12. The van der Waals surface area contributed by atoms with Gasteiger partial charge in [-0.2, -0.15) is 4.98 Å². The van der Waals surface area contributed by atoms with E-state index in [9.17, 15) is 9.59 Å². The van der Waals surface area contributed by atoms with Crippen LogP contribution in [0.4, 0.5) is 0 Å². The second-order valence-electron chi connectivity index (χ2n) is 6.15. The minimum atomic E-state index is -0.402. The molecule has 0 amide bonds. The van der Waals surface area contributed by atoms with Gasteiger partial charge in [0.2, 0.25) is 5.78 Å². The van der Waals surface area contributed by atoms with Gasteiger partial charge in [-0.25, -0.2) is 4.79 Å². The summed E-state index contributed by atoms with van der Waals surface area (Å²) in [5.41, 5.74) is 2.67. The van der Waals surface area contributed by atoms with Gasteiger partial charge in [0.15, 0.2) is 11.2 Å². The molecule has 128 valence electrons. The van der Waals surface area contributed by atoms with E-state index in [4.69, 9.17) is 11.6 Å². The van der Waals surface area contributed by atoms with E-state index < -0.39 is 5.69 Å². The maximum Gasteiger partial charge on any atom is 0.332 e. The summed E-state index contributed by atoms with van der Waals surface area (Å²) in [6, 6.07) is 5.65. The molecular weight excluding hydrogens is 342 g/mol. The number of hydrogen-bond acceptors (Lipinski definition) is 3. The summed E-state index contributed by atoms with van der Waals surface area (Å²) in [6.45, 7) is 3.87. The predicted octanol–water partition coefficient (Wildman–Crippen LogP) is 1.95. The Bertz CT molecular complexity index is 1290. The van der Waals surface area contributed by atoms with Gasteiger partial charge in [0.25, 0.3) is 5.56 Å². The van der Waals surface area contributed by atoms with Crippen LogP contribution in [0.25, 0.3) is 22.6 Å². The van der Waals surface area contributed by atoms with Crippen molar-refractivity contribution in [1.29, 1.82) is 0 Å². The van der Waals surface area contributed by atoms with Crippen LogP contribution < -0.4 is 11.2 Å². The molecule has 0 fully saturated rings. The second kappa shape index (κ2) is 5.10. The first kappa shape index (κ1) is 15.7. The first-order chi connectivity index (χ1) is 11.8. The lowest BCUT2D eigenvalue weighted by molar-refractivity contribution is 0.708. The third-order valence-electron chi connectivity index (χ3n) is 4.62. The standard InChI is InChI=1S/C17H16ClN5O2/c1-9-8-22-13-14(20(3)17(25)21(4)15(13)24)19-16(22)23(9)12-7-5-6-11(18)10(12)2/h5-8H,1-4H3. The van der Waals surface area contributed by atoms with Crippen molar-refractivity contribution < 1.29 is 0 Å². The molecule has 0 aliphatic carbocycles. The number of imidazole rings is 2. The smallest absolute Gasteiger partial charge is 0.283 e. The van der Waals surface area contributed by atoms with Gasteiger partial charge in [-0.05, 0) is 31.5 Å². The highest BCUT2D eigenvalue weighted by atomic mass is 35.5. The number of fused-ring (bicyclic) bond motifs is 3.